The van der Waals surface area contributed by atoms with Crippen molar-refractivity contribution in [2.75, 3.05) is 19.8 Å². The third-order valence-electron chi connectivity index (χ3n) is 11.0. The highest BCUT2D eigenvalue weighted by Gasteiger charge is 2.86. The topological polar surface area (TPSA) is 129 Å². The van der Waals surface area contributed by atoms with Crippen molar-refractivity contribution in [3.8, 4) is 0 Å². The Hall–Kier alpha value is -1.82. The molecule has 1 N–H and O–H groups in total. The van der Waals surface area contributed by atoms with Gasteiger partial charge in [0.15, 0.2) is 6.10 Å². The van der Waals surface area contributed by atoms with Crippen molar-refractivity contribution in [1.82, 2.24) is 0 Å². The smallest absolute Gasteiger partial charge is 0.338 e. The van der Waals surface area contributed by atoms with Crippen LogP contribution in [0.3, 0.4) is 0 Å². The summed E-state index contributed by atoms with van der Waals surface area (Å²) in [5.41, 5.74) is -2.85. The molecule has 0 aromatic carbocycles. The number of fused-ring (bicyclic) bond motifs is 3. The van der Waals surface area contributed by atoms with E-state index in [4.69, 9.17) is 33.2 Å². The van der Waals surface area contributed by atoms with Crippen molar-refractivity contribution in [3.63, 3.8) is 0 Å². The number of aliphatic hydroxyl groups is 1. The molecule has 5 aliphatic heterocycles. The van der Waals surface area contributed by atoms with Crippen LogP contribution >= 0.6 is 0 Å². The Labute approximate surface area is 227 Å². The molecule has 2 aliphatic carbocycles. The van der Waals surface area contributed by atoms with Gasteiger partial charge in [-0.1, -0.05) is 25.2 Å². The molecule has 0 aromatic heterocycles. The summed E-state index contributed by atoms with van der Waals surface area (Å²) in [5, 5.41) is 10.1. The maximum atomic E-state index is 13.3. The molecular weight excluding hydrogens is 508 g/mol. The van der Waals surface area contributed by atoms with Gasteiger partial charge in [0.05, 0.1) is 42.5 Å². The maximum Gasteiger partial charge on any atom is 0.338 e. The fourth-order valence-corrected chi connectivity index (χ4v) is 8.08. The fourth-order valence-electron chi connectivity index (χ4n) is 8.08. The maximum absolute atomic E-state index is 13.3. The average molecular weight is 547 g/mol. The van der Waals surface area contributed by atoms with Crippen LogP contribution in [-0.4, -0.2) is 96.4 Å². The van der Waals surface area contributed by atoms with E-state index in [9.17, 15) is 14.7 Å². The van der Waals surface area contributed by atoms with Gasteiger partial charge in [0.1, 0.15) is 36.1 Å². The second-order valence-electron chi connectivity index (χ2n) is 13.1. The predicted molar refractivity (Wildman–Crippen MR) is 133 cm³/mol. The number of hydrogen-bond donors (Lipinski definition) is 1. The van der Waals surface area contributed by atoms with E-state index >= 15 is 0 Å². The summed E-state index contributed by atoms with van der Waals surface area (Å²) in [6.07, 6.45) is 5.61. The number of hydrogen-bond acceptors (Lipinski definition) is 10. The molecule has 2 saturated carbocycles. The Morgan fingerprint density at radius 3 is 2.51 bits per heavy atom. The van der Waals surface area contributed by atoms with Crippen molar-refractivity contribution in [2.45, 2.75) is 113 Å². The van der Waals surface area contributed by atoms with Crippen molar-refractivity contribution >= 4 is 11.9 Å². The Kier molecular flexibility index (Phi) is 5.60. The first-order chi connectivity index (χ1) is 18.5. The van der Waals surface area contributed by atoms with Gasteiger partial charge < -0.3 is 38.3 Å². The van der Waals surface area contributed by atoms with Crippen LogP contribution in [0.25, 0.3) is 0 Å². The molecule has 7 rings (SSSR count). The molecule has 0 aromatic rings. The molecule has 5 heterocycles. The fraction of sp³-hybridized carbons (Fsp3) is 0.793. The van der Waals surface area contributed by atoms with Crippen LogP contribution in [0.5, 0.6) is 0 Å². The summed E-state index contributed by atoms with van der Waals surface area (Å²) < 4.78 is 43.0. The van der Waals surface area contributed by atoms with E-state index in [1.807, 2.05) is 6.92 Å². The number of rotatable bonds is 1. The lowest BCUT2D eigenvalue weighted by Crippen LogP contribution is -2.69. The summed E-state index contributed by atoms with van der Waals surface area (Å²) in [6, 6.07) is 0. The van der Waals surface area contributed by atoms with E-state index in [-0.39, 0.29) is 37.1 Å². The number of ether oxygens (including phenoxy) is 7. The highest BCUT2D eigenvalue weighted by molar-refractivity contribution is 5.82. The molecule has 39 heavy (non-hydrogen) atoms. The van der Waals surface area contributed by atoms with Crippen molar-refractivity contribution in [1.29, 1.82) is 0 Å². The second-order valence-corrected chi connectivity index (χ2v) is 13.1. The van der Waals surface area contributed by atoms with Gasteiger partial charge in [-0.05, 0) is 33.6 Å². The van der Waals surface area contributed by atoms with Crippen molar-refractivity contribution < 1.29 is 47.9 Å². The number of aliphatic hydroxyl groups excluding tert-OH is 1. The monoisotopic (exact) mass is 546 g/mol. The molecule has 214 valence electrons. The SMILES string of the molecule is CC(O)C1C=CC=CC(=O)OC2CC3OC4C5OC5(C)CCC4(COC(=O)C4OC4(C)CCO1)C2(C)C31CO1. The highest BCUT2D eigenvalue weighted by atomic mass is 16.7. The van der Waals surface area contributed by atoms with Gasteiger partial charge >= 0.3 is 11.9 Å². The minimum absolute atomic E-state index is 0.101. The van der Waals surface area contributed by atoms with E-state index in [0.717, 1.165) is 6.42 Å². The van der Waals surface area contributed by atoms with Gasteiger partial charge in [-0.2, -0.15) is 0 Å². The Balaban J connectivity index is 1.24. The lowest BCUT2D eigenvalue weighted by molar-refractivity contribution is -0.251. The largest absolute Gasteiger partial charge is 0.463 e. The zero-order chi connectivity index (χ0) is 27.4. The second kappa shape index (κ2) is 8.36. The summed E-state index contributed by atoms with van der Waals surface area (Å²) in [7, 11) is 0. The molecule has 2 spiro atoms. The van der Waals surface area contributed by atoms with Gasteiger partial charge in [0, 0.05) is 24.3 Å². The van der Waals surface area contributed by atoms with Gasteiger partial charge in [-0.3, -0.25) is 0 Å². The number of carbonyl (C=O) groups excluding carboxylic acids is 2. The van der Waals surface area contributed by atoms with Crippen LogP contribution in [0.15, 0.2) is 24.3 Å². The lowest BCUT2D eigenvalue weighted by Gasteiger charge is -2.58. The van der Waals surface area contributed by atoms with E-state index in [1.54, 1.807) is 25.2 Å². The average Bonchev–Trinajstić information content (AvgIpc) is 3.80. The minimum atomic E-state index is -0.759. The summed E-state index contributed by atoms with van der Waals surface area (Å²) in [5.74, 6) is -0.895. The Morgan fingerprint density at radius 1 is 0.974 bits per heavy atom. The molecular formula is C29H38O10. The molecule has 6 fully saturated rings. The van der Waals surface area contributed by atoms with E-state index in [2.05, 4.69) is 13.8 Å². The molecule has 10 heteroatoms. The zero-order valence-corrected chi connectivity index (χ0v) is 22.9. The van der Waals surface area contributed by atoms with Gasteiger partial charge in [-0.15, -0.1) is 0 Å². The van der Waals surface area contributed by atoms with E-state index < -0.39 is 58.4 Å². The Morgan fingerprint density at radius 2 is 1.77 bits per heavy atom. The Bertz CT molecular complexity index is 1130. The molecule has 4 saturated heterocycles. The van der Waals surface area contributed by atoms with Crippen LogP contribution in [0.4, 0.5) is 0 Å². The van der Waals surface area contributed by atoms with Gasteiger partial charge in [0.2, 0.25) is 0 Å². The molecule has 12 unspecified atom stereocenters. The normalized spacial score (nSPS) is 54.8. The van der Waals surface area contributed by atoms with E-state index in [0.29, 0.717) is 25.9 Å². The summed E-state index contributed by atoms with van der Waals surface area (Å²) in [6.45, 7) is 8.62. The first-order valence-electron chi connectivity index (χ1n) is 14.1. The first kappa shape index (κ1) is 26.1. The number of carbonyl (C=O) groups is 2. The first-order valence-corrected chi connectivity index (χ1v) is 14.1. The number of allylic oxidation sites excluding steroid dienone is 2. The highest BCUT2D eigenvalue weighted by Crippen LogP contribution is 2.75. The van der Waals surface area contributed by atoms with E-state index in [1.165, 1.54) is 6.08 Å². The van der Waals surface area contributed by atoms with Crippen LogP contribution in [-0.2, 0) is 42.7 Å². The van der Waals surface area contributed by atoms with Gasteiger partial charge in [0.25, 0.3) is 0 Å². The van der Waals surface area contributed by atoms with Crippen LogP contribution in [0.2, 0.25) is 0 Å². The molecule has 12 atom stereocenters. The molecule has 7 aliphatic rings. The minimum Gasteiger partial charge on any atom is -0.463 e. The predicted octanol–water partition coefficient (Wildman–Crippen LogP) is 1.77. The molecule has 10 nitrogen and oxygen atoms in total. The van der Waals surface area contributed by atoms with Gasteiger partial charge in [-0.25, -0.2) is 9.59 Å². The third-order valence-corrected chi connectivity index (χ3v) is 11.0. The summed E-state index contributed by atoms with van der Waals surface area (Å²) >= 11 is 0. The number of epoxide rings is 3. The summed E-state index contributed by atoms with van der Waals surface area (Å²) in [4.78, 5) is 26.3. The number of esters is 2. The third kappa shape index (κ3) is 3.61. The van der Waals surface area contributed by atoms with Crippen LogP contribution in [0, 0.1) is 10.8 Å². The van der Waals surface area contributed by atoms with Crippen LogP contribution < -0.4 is 0 Å². The number of cyclic esters (lactones) is 1. The molecule has 2 bridgehead atoms. The standard InChI is InChI=1S/C29H38O10/c1-16(30)17-7-5-6-8-20(31)36-18-13-19-29(15-35-29)27(18,4)28(10-9-25(2)21(38-25)22(28)37-19)14-34-24(32)23-26(3,39-23)11-12-33-17/h5-8,16-19,21-23,30H,9-15H2,1-4H3. The molecule has 0 radical (unpaired) electrons. The van der Waals surface area contributed by atoms with Crippen molar-refractivity contribution in [2.24, 2.45) is 10.8 Å². The van der Waals surface area contributed by atoms with Crippen LogP contribution in [0.1, 0.15) is 53.4 Å². The quantitative estimate of drug-likeness (QED) is 0.384. The lowest BCUT2D eigenvalue weighted by atomic mass is 9.50. The zero-order valence-electron chi connectivity index (χ0n) is 22.9. The molecule has 0 amide bonds. The van der Waals surface area contributed by atoms with Crippen molar-refractivity contribution in [3.05, 3.63) is 24.3 Å².